The third-order valence-electron chi connectivity index (χ3n) is 5.86. The number of carbonyl (C=O) groups is 1. The van der Waals surface area contributed by atoms with Crippen LogP contribution in [-0.2, 0) is 11.2 Å². The summed E-state index contributed by atoms with van der Waals surface area (Å²) in [7, 11) is 3.25. The first kappa shape index (κ1) is 17.9. The Hall–Kier alpha value is -2.53. The highest BCUT2D eigenvalue weighted by Crippen LogP contribution is 2.43. The minimum atomic E-state index is 0.142. The van der Waals surface area contributed by atoms with Crippen LogP contribution in [0.4, 0.5) is 0 Å². The van der Waals surface area contributed by atoms with Crippen LogP contribution in [0.25, 0.3) is 0 Å². The number of likely N-dealkylation sites (tertiary alicyclic amines) is 1. The van der Waals surface area contributed by atoms with E-state index in [1.807, 2.05) is 24.3 Å². The number of carbonyl (C=O) groups excluding carboxylic acids is 1. The predicted octanol–water partition coefficient (Wildman–Crippen LogP) is 2.67. The molecule has 0 spiro atoms. The van der Waals surface area contributed by atoms with Gasteiger partial charge in [0.1, 0.15) is 11.5 Å². The quantitative estimate of drug-likeness (QED) is 0.884. The van der Waals surface area contributed by atoms with Gasteiger partial charge in [-0.3, -0.25) is 4.79 Å². The van der Waals surface area contributed by atoms with Crippen molar-refractivity contribution in [2.45, 2.75) is 12.5 Å². The lowest BCUT2D eigenvalue weighted by atomic mass is 9.89. The van der Waals surface area contributed by atoms with Gasteiger partial charge in [-0.2, -0.15) is 0 Å². The Morgan fingerprint density at radius 3 is 2.67 bits per heavy atom. The summed E-state index contributed by atoms with van der Waals surface area (Å²) < 4.78 is 10.7. The lowest BCUT2D eigenvalue weighted by molar-refractivity contribution is -0.132. The Kier molecular flexibility index (Phi) is 5.03. The number of rotatable bonds is 5. The van der Waals surface area contributed by atoms with Crippen molar-refractivity contribution in [3.05, 3.63) is 59.7 Å². The molecule has 27 heavy (non-hydrogen) atoms. The average Bonchev–Trinajstić information content (AvgIpc) is 3.30. The van der Waals surface area contributed by atoms with Gasteiger partial charge in [-0.25, -0.2) is 0 Å². The first-order chi connectivity index (χ1) is 13.2. The summed E-state index contributed by atoms with van der Waals surface area (Å²) in [6, 6.07) is 16.2. The SMILES string of the molecule is COc1ccc(CC(=O)N2C[C@@H]3CNC[C@@H]3[C@H]2c2ccccc2)c(OC)c1. The first-order valence-electron chi connectivity index (χ1n) is 9.47. The monoisotopic (exact) mass is 366 g/mol. The minimum absolute atomic E-state index is 0.142. The van der Waals surface area contributed by atoms with E-state index in [2.05, 4.69) is 34.5 Å². The zero-order chi connectivity index (χ0) is 18.8. The van der Waals surface area contributed by atoms with Crippen LogP contribution < -0.4 is 14.8 Å². The maximum absolute atomic E-state index is 13.3. The minimum Gasteiger partial charge on any atom is -0.497 e. The Morgan fingerprint density at radius 2 is 1.93 bits per heavy atom. The first-order valence-corrected chi connectivity index (χ1v) is 9.47. The van der Waals surface area contributed by atoms with Crippen LogP contribution in [0.5, 0.6) is 11.5 Å². The van der Waals surface area contributed by atoms with Gasteiger partial charge in [0, 0.05) is 37.2 Å². The van der Waals surface area contributed by atoms with Crippen LogP contribution in [0, 0.1) is 11.8 Å². The Bertz CT molecular complexity index is 808. The summed E-state index contributed by atoms with van der Waals surface area (Å²) in [5.41, 5.74) is 2.12. The Morgan fingerprint density at radius 1 is 1.11 bits per heavy atom. The van der Waals surface area contributed by atoms with Crippen molar-refractivity contribution < 1.29 is 14.3 Å². The molecular formula is C22H26N2O3. The van der Waals surface area contributed by atoms with Crippen LogP contribution in [0.2, 0.25) is 0 Å². The average molecular weight is 366 g/mol. The predicted molar refractivity (Wildman–Crippen MR) is 104 cm³/mol. The van der Waals surface area contributed by atoms with Gasteiger partial charge in [-0.05, 0) is 17.5 Å². The third-order valence-corrected chi connectivity index (χ3v) is 5.86. The van der Waals surface area contributed by atoms with Crippen LogP contribution in [0.1, 0.15) is 17.2 Å². The highest BCUT2D eigenvalue weighted by atomic mass is 16.5. The maximum atomic E-state index is 13.3. The van der Waals surface area contributed by atoms with Gasteiger partial charge in [0.2, 0.25) is 5.91 Å². The molecule has 0 saturated carbocycles. The fourth-order valence-corrected chi connectivity index (χ4v) is 4.52. The van der Waals surface area contributed by atoms with Crippen molar-refractivity contribution >= 4 is 5.91 Å². The number of hydrogen-bond donors (Lipinski definition) is 1. The fraction of sp³-hybridized carbons (Fsp3) is 0.409. The van der Waals surface area contributed by atoms with E-state index < -0.39 is 0 Å². The number of amides is 1. The van der Waals surface area contributed by atoms with Crippen molar-refractivity contribution in [2.75, 3.05) is 33.9 Å². The number of hydrogen-bond acceptors (Lipinski definition) is 4. The van der Waals surface area contributed by atoms with Gasteiger partial charge >= 0.3 is 0 Å². The van der Waals surface area contributed by atoms with E-state index in [1.165, 1.54) is 5.56 Å². The molecule has 5 heteroatoms. The summed E-state index contributed by atoms with van der Waals surface area (Å²) in [6.07, 6.45) is 0.337. The number of fused-ring (bicyclic) bond motifs is 1. The van der Waals surface area contributed by atoms with Crippen molar-refractivity contribution in [3.63, 3.8) is 0 Å². The standard InChI is InChI=1S/C22H26N2O3/c1-26-18-9-8-16(20(11-18)27-2)10-21(25)24-14-17-12-23-13-19(17)22(24)15-6-4-3-5-7-15/h3-9,11,17,19,22-23H,10,12-14H2,1-2H3/t17-,19-,22+/m0/s1. The molecule has 2 aliphatic rings. The van der Waals surface area contributed by atoms with Gasteiger partial charge in [0.25, 0.3) is 0 Å². The van der Waals surface area contributed by atoms with Crippen molar-refractivity contribution in [1.29, 1.82) is 0 Å². The Balaban J connectivity index is 1.59. The van der Waals surface area contributed by atoms with Crippen LogP contribution in [0.3, 0.4) is 0 Å². The smallest absolute Gasteiger partial charge is 0.227 e. The molecule has 2 fully saturated rings. The molecule has 142 valence electrons. The lowest BCUT2D eigenvalue weighted by Crippen LogP contribution is -2.35. The molecule has 0 aliphatic carbocycles. The molecule has 0 aromatic heterocycles. The molecule has 4 rings (SSSR count). The topological polar surface area (TPSA) is 50.8 Å². The van der Waals surface area contributed by atoms with Crippen molar-refractivity contribution in [1.82, 2.24) is 10.2 Å². The summed E-state index contributed by atoms with van der Waals surface area (Å²) >= 11 is 0. The van der Waals surface area contributed by atoms with Crippen LogP contribution in [-0.4, -0.2) is 44.7 Å². The lowest BCUT2D eigenvalue weighted by Gasteiger charge is -2.29. The third kappa shape index (κ3) is 3.39. The number of nitrogens with one attached hydrogen (secondary N) is 1. The zero-order valence-electron chi connectivity index (χ0n) is 15.9. The van der Waals surface area contributed by atoms with Crippen molar-refractivity contribution in [3.8, 4) is 11.5 Å². The van der Waals surface area contributed by atoms with Crippen molar-refractivity contribution in [2.24, 2.45) is 11.8 Å². The summed E-state index contributed by atoms with van der Waals surface area (Å²) in [5.74, 6) is 2.58. The van der Waals surface area contributed by atoms with E-state index in [0.717, 1.165) is 30.9 Å². The number of ether oxygens (including phenoxy) is 2. The second-order valence-electron chi connectivity index (χ2n) is 7.34. The molecule has 3 atom stereocenters. The summed E-state index contributed by atoms with van der Waals surface area (Å²) in [4.78, 5) is 15.3. The molecule has 5 nitrogen and oxygen atoms in total. The molecule has 0 bridgehead atoms. The molecule has 1 N–H and O–H groups in total. The maximum Gasteiger partial charge on any atom is 0.227 e. The number of benzene rings is 2. The second kappa shape index (κ2) is 7.61. The normalized spacial score (nSPS) is 23.9. The molecule has 2 aromatic rings. The largest absolute Gasteiger partial charge is 0.497 e. The summed E-state index contributed by atoms with van der Waals surface area (Å²) in [6.45, 7) is 2.78. The molecule has 2 heterocycles. The van der Waals surface area contributed by atoms with E-state index in [0.29, 0.717) is 24.0 Å². The Labute approximate surface area is 160 Å². The fourth-order valence-electron chi connectivity index (χ4n) is 4.52. The van der Waals surface area contributed by atoms with Gasteiger partial charge in [-0.1, -0.05) is 36.4 Å². The highest BCUT2D eigenvalue weighted by Gasteiger charge is 2.46. The number of methoxy groups -OCH3 is 2. The molecule has 2 aliphatic heterocycles. The van der Waals surface area contributed by atoms with Gasteiger partial charge < -0.3 is 19.7 Å². The molecule has 0 unspecified atom stereocenters. The summed E-state index contributed by atoms with van der Waals surface area (Å²) in [5, 5.41) is 3.49. The van der Waals surface area contributed by atoms with E-state index in [9.17, 15) is 4.79 Å². The molecule has 2 saturated heterocycles. The molecular weight excluding hydrogens is 340 g/mol. The molecule has 1 amide bonds. The molecule has 2 aromatic carbocycles. The van der Waals surface area contributed by atoms with E-state index in [1.54, 1.807) is 14.2 Å². The van der Waals surface area contributed by atoms with Crippen LogP contribution >= 0.6 is 0 Å². The van der Waals surface area contributed by atoms with Gasteiger partial charge in [0.15, 0.2) is 0 Å². The van der Waals surface area contributed by atoms with E-state index >= 15 is 0 Å². The zero-order valence-corrected chi connectivity index (χ0v) is 15.9. The highest BCUT2D eigenvalue weighted by molar-refractivity contribution is 5.80. The van der Waals surface area contributed by atoms with Gasteiger partial charge in [-0.15, -0.1) is 0 Å². The number of nitrogens with zero attached hydrogens (tertiary/aromatic N) is 1. The van der Waals surface area contributed by atoms with E-state index in [4.69, 9.17) is 9.47 Å². The van der Waals surface area contributed by atoms with Crippen LogP contribution in [0.15, 0.2) is 48.5 Å². The van der Waals surface area contributed by atoms with Gasteiger partial charge in [0.05, 0.1) is 26.7 Å². The molecule has 0 radical (unpaired) electrons. The second-order valence-corrected chi connectivity index (χ2v) is 7.34. The van der Waals surface area contributed by atoms with E-state index in [-0.39, 0.29) is 11.9 Å².